The van der Waals surface area contributed by atoms with E-state index in [2.05, 4.69) is 10.2 Å². The fourth-order valence-corrected chi connectivity index (χ4v) is 3.41. The minimum atomic E-state index is -4.12. The average molecular weight is 385 g/mol. The van der Waals surface area contributed by atoms with Gasteiger partial charge in [0, 0.05) is 38.6 Å². The van der Waals surface area contributed by atoms with Crippen molar-refractivity contribution >= 4 is 12.4 Å². The highest BCUT2D eigenvalue weighted by molar-refractivity contribution is 5.85. The lowest BCUT2D eigenvalue weighted by molar-refractivity contribution is -0.138. The van der Waals surface area contributed by atoms with Gasteiger partial charge in [0.1, 0.15) is 0 Å². The molecule has 142 valence electrons. The summed E-state index contributed by atoms with van der Waals surface area (Å²) in [7, 11) is 0. The number of halogens is 4. The van der Waals surface area contributed by atoms with Crippen LogP contribution in [0.3, 0.4) is 0 Å². The molecule has 0 aliphatic carbocycles. The van der Waals surface area contributed by atoms with E-state index in [4.69, 9.17) is 0 Å². The normalized spacial score (nSPS) is 16.7. The summed E-state index contributed by atoms with van der Waals surface area (Å²) in [6.45, 7) is 3.19. The molecule has 1 aliphatic rings. The van der Waals surface area contributed by atoms with Crippen molar-refractivity contribution in [1.82, 2.24) is 10.2 Å². The molecule has 1 saturated heterocycles. The summed E-state index contributed by atoms with van der Waals surface area (Å²) in [5.74, 6) is 0. The van der Waals surface area contributed by atoms with Crippen molar-refractivity contribution < 1.29 is 13.2 Å². The molecule has 26 heavy (non-hydrogen) atoms. The topological polar surface area (TPSA) is 15.3 Å². The van der Waals surface area contributed by atoms with Crippen LogP contribution in [0.2, 0.25) is 0 Å². The summed E-state index contributed by atoms with van der Waals surface area (Å²) in [5.41, 5.74) is 3.09. The van der Waals surface area contributed by atoms with E-state index in [9.17, 15) is 13.2 Å². The summed E-state index contributed by atoms with van der Waals surface area (Å²) in [4.78, 5) is 2.17. The molecule has 0 unspecified atom stereocenters. The van der Waals surface area contributed by atoms with Crippen molar-refractivity contribution in [3.05, 3.63) is 60.2 Å². The first kappa shape index (κ1) is 20.7. The molecule has 1 aliphatic heterocycles. The van der Waals surface area contributed by atoms with Crippen molar-refractivity contribution in [3.8, 4) is 11.1 Å². The Bertz CT molecular complexity index is 670. The lowest BCUT2D eigenvalue weighted by atomic mass is 9.95. The first-order valence-electron chi connectivity index (χ1n) is 8.70. The van der Waals surface area contributed by atoms with Gasteiger partial charge in [0.05, 0.1) is 0 Å². The van der Waals surface area contributed by atoms with E-state index in [1.807, 2.05) is 54.6 Å². The van der Waals surface area contributed by atoms with Crippen molar-refractivity contribution in [2.24, 2.45) is 0 Å². The monoisotopic (exact) mass is 384 g/mol. The van der Waals surface area contributed by atoms with Gasteiger partial charge in [-0.25, -0.2) is 0 Å². The molecular formula is C20H24ClF3N2. The molecule has 1 heterocycles. The van der Waals surface area contributed by atoms with Gasteiger partial charge < -0.3 is 5.32 Å². The Kier molecular flexibility index (Phi) is 7.50. The zero-order valence-electron chi connectivity index (χ0n) is 14.5. The number of rotatable bonds is 5. The number of piperazine rings is 1. The predicted octanol–water partition coefficient (Wildman–Crippen LogP) is 5.06. The Hall–Kier alpha value is -1.56. The molecule has 1 N–H and O–H groups in total. The van der Waals surface area contributed by atoms with Crippen LogP contribution in [0.4, 0.5) is 13.2 Å². The molecule has 2 aromatic rings. The molecule has 2 nitrogen and oxygen atoms in total. The van der Waals surface area contributed by atoms with E-state index in [-0.39, 0.29) is 24.9 Å². The number of nitrogens with zero attached hydrogens (tertiary/aromatic N) is 1. The van der Waals surface area contributed by atoms with E-state index < -0.39 is 12.6 Å². The first-order valence-corrected chi connectivity index (χ1v) is 8.70. The van der Waals surface area contributed by atoms with E-state index in [1.54, 1.807) is 0 Å². The Labute approximate surface area is 158 Å². The standard InChI is InChI=1S/C20H23F3N2.ClH/c21-20(22,23)10-9-19(25-13-11-24-12-14-25)18-8-4-7-17(15-18)16-5-2-1-3-6-16;/h1-8,15,19,24H,9-14H2;1H/t19-;/m0./s1. The van der Waals surface area contributed by atoms with Gasteiger partial charge in [-0.15, -0.1) is 12.4 Å². The maximum Gasteiger partial charge on any atom is 0.389 e. The van der Waals surface area contributed by atoms with Crippen LogP contribution < -0.4 is 5.32 Å². The zero-order valence-corrected chi connectivity index (χ0v) is 15.3. The number of alkyl halides is 3. The Morgan fingerprint density at radius 1 is 0.923 bits per heavy atom. The third-order valence-corrected chi connectivity index (χ3v) is 4.67. The quantitative estimate of drug-likeness (QED) is 0.774. The molecule has 3 rings (SSSR count). The van der Waals surface area contributed by atoms with Crippen LogP contribution >= 0.6 is 12.4 Å². The van der Waals surface area contributed by atoms with E-state index in [0.29, 0.717) is 0 Å². The van der Waals surface area contributed by atoms with Gasteiger partial charge in [-0.2, -0.15) is 13.2 Å². The van der Waals surface area contributed by atoms with Gasteiger partial charge in [0.15, 0.2) is 0 Å². The zero-order chi connectivity index (χ0) is 17.7. The van der Waals surface area contributed by atoms with Crippen molar-refractivity contribution in [1.29, 1.82) is 0 Å². The highest BCUT2D eigenvalue weighted by atomic mass is 35.5. The molecule has 0 bridgehead atoms. The van der Waals surface area contributed by atoms with Gasteiger partial charge in [-0.1, -0.05) is 48.5 Å². The predicted molar refractivity (Wildman–Crippen MR) is 102 cm³/mol. The van der Waals surface area contributed by atoms with Crippen molar-refractivity contribution in [2.75, 3.05) is 26.2 Å². The molecule has 0 saturated carbocycles. The number of benzene rings is 2. The second-order valence-electron chi connectivity index (χ2n) is 6.45. The number of hydrogen-bond donors (Lipinski definition) is 1. The van der Waals surface area contributed by atoms with Gasteiger partial charge in [-0.3, -0.25) is 4.90 Å². The summed E-state index contributed by atoms with van der Waals surface area (Å²) in [6.07, 6.45) is -4.78. The van der Waals surface area contributed by atoms with E-state index in [1.165, 1.54) is 0 Å². The Morgan fingerprint density at radius 2 is 1.58 bits per heavy atom. The SMILES string of the molecule is Cl.FC(F)(F)CC[C@@H](c1cccc(-c2ccccc2)c1)N1CCNCC1. The highest BCUT2D eigenvalue weighted by Crippen LogP contribution is 2.33. The smallest absolute Gasteiger partial charge is 0.314 e. The second kappa shape index (κ2) is 9.40. The third kappa shape index (κ3) is 5.73. The van der Waals surface area contributed by atoms with Crippen LogP contribution in [0.5, 0.6) is 0 Å². The van der Waals surface area contributed by atoms with Crippen molar-refractivity contribution in [3.63, 3.8) is 0 Å². The molecule has 0 radical (unpaired) electrons. The van der Waals surface area contributed by atoms with E-state index >= 15 is 0 Å². The van der Waals surface area contributed by atoms with Crippen LogP contribution in [0.25, 0.3) is 11.1 Å². The number of nitrogens with one attached hydrogen (secondary N) is 1. The fraction of sp³-hybridized carbons (Fsp3) is 0.400. The van der Waals surface area contributed by atoms with Crippen LogP contribution in [-0.2, 0) is 0 Å². The average Bonchev–Trinajstić information content (AvgIpc) is 2.63. The maximum atomic E-state index is 12.8. The minimum Gasteiger partial charge on any atom is -0.314 e. The molecule has 0 amide bonds. The summed E-state index contributed by atoms with van der Waals surface area (Å²) in [5, 5.41) is 3.27. The Balaban J connectivity index is 0.00000243. The molecule has 0 aromatic heterocycles. The molecule has 2 aromatic carbocycles. The second-order valence-corrected chi connectivity index (χ2v) is 6.45. The van der Waals surface area contributed by atoms with Crippen molar-refractivity contribution in [2.45, 2.75) is 25.1 Å². The lowest BCUT2D eigenvalue weighted by Gasteiger charge is -2.35. The van der Waals surface area contributed by atoms with Crippen LogP contribution in [0.1, 0.15) is 24.4 Å². The van der Waals surface area contributed by atoms with Gasteiger partial charge in [-0.05, 0) is 29.2 Å². The molecule has 1 fully saturated rings. The molecule has 0 spiro atoms. The lowest BCUT2D eigenvalue weighted by Crippen LogP contribution is -2.45. The van der Waals surface area contributed by atoms with Gasteiger partial charge in [0.25, 0.3) is 0 Å². The summed E-state index contributed by atoms with van der Waals surface area (Å²) < 4.78 is 38.4. The molecular weight excluding hydrogens is 361 g/mol. The minimum absolute atomic E-state index is 0. The summed E-state index contributed by atoms with van der Waals surface area (Å²) >= 11 is 0. The highest BCUT2D eigenvalue weighted by Gasteiger charge is 2.31. The maximum absolute atomic E-state index is 12.8. The molecule has 1 atom stereocenters. The fourth-order valence-electron chi connectivity index (χ4n) is 3.41. The van der Waals surface area contributed by atoms with Crippen LogP contribution in [0, 0.1) is 0 Å². The third-order valence-electron chi connectivity index (χ3n) is 4.67. The van der Waals surface area contributed by atoms with Crippen LogP contribution in [0.15, 0.2) is 54.6 Å². The number of hydrogen-bond acceptors (Lipinski definition) is 2. The Morgan fingerprint density at radius 3 is 2.23 bits per heavy atom. The molecule has 6 heteroatoms. The van der Waals surface area contributed by atoms with Gasteiger partial charge >= 0.3 is 6.18 Å². The first-order chi connectivity index (χ1) is 12.0. The largest absolute Gasteiger partial charge is 0.389 e. The summed E-state index contributed by atoms with van der Waals surface area (Å²) in [6, 6.07) is 17.7. The van der Waals surface area contributed by atoms with E-state index in [0.717, 1.165) is 42.9 Å². The van der Waals surface area contributed by atoms with Gasteiger partial charge in [0.2, 0.25) is 0 Å². The van der Waals surface area contributed by atoms with Crippen LogP contribution in [-0.4, -0.2) is 37.3 Å².